The molecule has 1 aromatic heterocycles. The molecule has 1 aromatic carbocycles. The van der Waals surface area contributed by atoms with E-state index in [-0.39, 0.29) is 20.8 Å². The van der Waals surface area contributed by atoms with Crippen LogP contribution in [-0.4, -0.2) is 31.0 Å². The van der Waals surface area contributed by atoms with E-state index in [0.29, 0.717) is 4.88 Å². The van der Waals surface area contributed by atoms with Crippen molar-refractivity contribution in [1.82, 2.24) is 5.32 Å². The molecule has 0 saturated carbocycles. The number of nitrogens with one attached hydrogen (secondary N) is 1. The normalized spacial score (nSPS) is 10.2. The van der Waals surface area contributed by atoms with E-state index in [2.05, 4.69) is 5.32 Å². The molecular formula is C15H10Cl3NO5S. The number of esters is 1. The molecule has 1 heterocycles. The number of imide groups is 1. The summed E-state index contributed by atoms with van der Waals surface area (Å²) in [5, 5.41) is 4.42. The first-order valence-electron chi connectivity index (χ1n) is 6.67. The van der Waals surface area contributed by atoms with Gasteiger partial charge in [0.1, 0.15) is 5.75 Å². The Kier molecular flexibility index (Phi) is 7.07. The molecule has 10 heteroatoms. The summed E-state index contributed by atoms with van der Waals surface area (Å²) >= 11 is 18.7. The first-order chi connectivity index (χ1) is 11.9. The second-order valence-corrected chi connectivity index (χ2v) is 6.67. The van der Waals surface area contributed by atoms with E-state index in [1.54, 1.807) is 17.5 Å². The largest absolute Gasteiger partial charge is 0.480 e. The Bertz CT molecular complexity index is 795. The molecule has 132 valence electrons. The highest BCUT2D eigenvalue weighted by atomic mass is 35.5. The molecule has 0 saturated heterocycles. The molecule has 0 spiro atoms. The van der Waals surface area contributed by atoms with E-state index in [1.807, 2.05) is 0 Å². The van der Waals surface area contributed by atoms with Gasteiger partial charge in [0.15, 0.2) is 13.2 Å². The summed E-state index contributed by atoms with van der Waals surface area (Å²) in [5.41, 5.74) is 0. The minimum atomic E-state index is -0.819. The van der Waals surface area contributed by atoms with Crippen molar-refractivity contribution in [1.29, 1.82) is 0 Å². The van der Waals surface area contributed by atoms with Crippen molar-refractivity contribution in [3.63, 3.8) is 0 Å². The van der Waals surface area contributed by atoms with Crippen LogP contribution in [0.4, 0.5) is 0 Å². The lowest BCUT2D eigenvalue weighted by Crippen LogP contribution is -2.34. The van der Waals surface area contributed by atoms with E-state index >= 15 is 0 Å². The van der Waals surface area contributed by atoms with Crippen LogP contribution in [0.2, 0.25) is 15.1 Å². The number of amides is 2. The number of halogens is 3. The predicted octanol–water partition coefficient (Wildman–Crippen LogP) is 3.59. The summed E-state index contributed by atoms with van der Waals surface area (Å²) in [7, 11) is 0. The van der Waals surface area contributed by atoms with Gasteiger partial charge in [0.05, 0.1) is 19.9 Å². The van der Waals surface area contributed by atoms with Crippen LogP contribution in [0.1, 0.15) is 9.67 Å². The molecule has 2 aromatic rings. The van der Waals surface area contributed by atoms with Crippen LogP contribution in [0.5, 0.6) is 5.75 Å². The second-order valence-electron chi connectivity index (χ2n) is 4.50. The maximum Gasteiger partial charge on any atom is 0.344 e. The smallest absolute Gasteiger partial charge is 0.344 e. The number of carbonyl (C=O) groups is 3. The van der Waals surface area contributed by atoms with Crippen LogP contribution in [0.25, 0.3) is 0 Å². The molecule has 0 aliphatic heterocycles. The Hall–Kier alpha value is -1.80. The Morgan fingerprint density at radius 1 is 1.04 bits per heavy atom. The van der Waals surface area contributed by atoms with Gasteiger partial charge >= 0.3 is 5.97 Å². The Morgan fingerprint density at radius 3 is 2.44 bits per heavy atom. The molecule has 0 radical (unpaired) electrons. The molecule has 0 unspecified atom stereocenters. The maximum absolute atomic E-state index is 11.6. The van der Waals surface area contributed by atoms with E-state index in [1.165, 1.54) is 23.5 Å². The predicted molar refractivity (Wildman–Crippen MR) is 94.7 cm³/mol. The van der Waals surface area contributed by atoms with E-state index < -0.39 is 31.0 Å². The quantitative estimate of drug-likeness (QED) is 0.568. The molecule has 25 heavy (non-hydrogen) atoms. The van der Waals surface area contributed by atoms with Gasteiger partial charge in [-0.2, -0.15) is 0 Å². The monoisotopic (exact) mass is 421 g/mol. The fourth-order valence-electron chi connectivity index (χ4n) is 1.57. The van der Waals surface area contributed by atoms with Crippen molar-refractivity contribution in [3.8, 4) is 5.75 Å². The van der Waals surface area contributed by atoms with E-state index in [4.69, 9.17) is 44.3 Å². The van der Waals surface area contributed by atoms with Crippen molar-refractivity contribution in [3.05, 3.63) is 49.6 Å². The van der Waals surface area contributed by atoms with Crippen LogP contribution in [0, 0.1) is 0 Å². The van der Waals surface area contributed by atoms with Gasteiger partial charge in [0.25, 0.3) is 11.8 Å². The lowest BCUT2D eigenvalue weighted by Gasteiger charge is -2.09. The van der Waals surface area contributed by atoms with Crippen molar-refractivity contribution in [2.24, 2.45) is 0 Å². The van der Waals surface area contributed by atoms with Gasteiger partial charge in [-0.05, 0) is 17.5 Å². The second kappa shape index (κ2) is 9.05. The summed E-state index contributed by atoms with van der Waals surface area (Å²) in [5.74, 6) is -1.99. The summed E-state index contributed by atoms with van der Waals surface area (Å²) in [6, 6.07) is 5.96. The average Bonchev–Trinajstić information content (AvgIpc) is 3.09. The average molecular weight is 423 g/mol. The Balaban J connectivity index is 1.76. The first kappa shape index (κ1) is 19.5. The van der Waals surface area contributed by atoms with Gasteiger partial charge in [0.2, 0.25) is 0 Å². The van der Waals surface area contributed by atoms with Crippen LogP contribution in [-0.2, 0) is 14.3 Å². The molecule has 0 aliphatic carbocycles. The fraction of sp³-hybridized carbons (Fsp3) is 0.133. The topological polar surface area (TPSA) is 81.7 Å². The molecule has 2 rings (SSSR count). The lowest BCUT2D eigenvalue weighted by molar-refractivity contribution is -0.150. The van der Waals surface area contributed by atoms with Crippen LogP contribution in [0.3, 0.4) is 0 Å². The van der Waals surface area contributed by atoms with Gasteiger partial charge < -0.3 is 9.47 Å². The molecule has 2 amide bonds. The fourth-order valence-corrected chi connectivity index (χ4v) is 2.78. The third kappa shape index (κ3) is 5.89. The number of hydrogen-bond acceptors (Lipinski definition) is 6. The van der Waals surface area contributed by atoms with E-state index in [9.17, 15) is 14.4 Å². The first-order valence-corrected chi connectivity index (χ1v) is 8.69. The van der Waals surface area contributed by atoms with Crippen LogP contribution >= 0.6 is 46.1 Å². The highest BCUT2D eigenvalue weighted by Crippen LogP contribution is 2.33. The molecule has 1 N–H and O–H groups in total. The third-order valence-electron chi connectivity index (χ3n) is 2.68. The standard InChI is InChI=1S/C15H10Cl3NO5S/c16-8-4-10(18)11(5-9(8)17)23-7-14(21)24-6-13(20)19-15(22)12-2-1-3-25-12/h1-5H,6-7H2,(H,19,20,22). The highest BCUT2D eigenvalue weighted by Gasteiger charge is 2.14. The van der Waals surface area contributed by atoms with E-state index in [0.717, 1.165) is 0 Å². The number of rotatable bonds is 6. The molecule has 0 fully saturated rings. The molecule has 0 bridgehead atoms. The zero-order valence-corrected chi connectivity index (χ0v) is 15.5. The number of ether oxygens (including phenoxy) is 2. The van der Waals surface area contributed by atoms with Gasteiger partial charge in [0, 0.05) is 6.07 Å². The molecule has 0 atom stereocenters. The number of carbonyl (C=O) groups excluding carboxylic acids is 3. The Labute approximate surface area is 161 Å². The number of hydrogen-bond donors (Lipinski definition) is 1. The molecule has 6 nitrogen and oxygen atoms in total. The van der Waals surface area contributed by atoms with Crippen molar-refractivity contribution in [2.45, 2.75) is 0 Å². The summed E-state index contributed by atoms with van der Waals surface area (Å²) in [6.07, 6.45) is 0. The number of benzene rings is 1. The molecular weight excluding hydrogens is 413 g/mol. The van der Waals surface area contributed by atoms with Gasteiger partial charge in [-0.3, -0.25) is 14.9 Å². The zero-order valence-electron chi connectivity index (χ0n) is 12.4. The summed E-state index contributed by atoms with van der Waals surface area (Å²) in [4.78, 5) is 35.2. The summed E-state index contributed by atoms with van der Waals surface area (Å²) in [6.45, 7) is -1.11. The van der Waals surface area contributed by atoms with Crippen molar-refractivity contribution in [2.75, 3.05) is 13.2 Å². The Morgan fingerprint density at radius 2 is 1.76 bits per heavy atom. The minimum Gasteiger partial charge on any atom is -0.480 e. The minimum absolute atomic E-state index is 0.144. The van der Waals surface area contributed by atoms with Crippen molar-refractivity contribution < 1.29 is 23.9 Å². The van der Waals surface area contributed by atoms with Crippen LogP contribution in [0.15, 0.2) is 29.6 Å². The van der Waals surface area contributed by atoms with Crippen LogP contribution < -0.4 is 10.1 Å². The maximum atomic E-state index is 11.6. The lowest BCUT2D eigenvalue weighted by atomic mass is 10.3. The van der Waals surface area contributed by atoms with Crippen molar-refractivity contribution >= 4 is 63.9 Å². The highest BCUT2D eigenvalue weighted by molar-refractivity contribution is 7.12. The van der Waals surface area contributed by atoms with Gasteiger partial charge in [-0.15, -0.1) is 11.3 Å². The number of thiophene rings is 1. The molecule has 0 aliphatic rings. The zero-order chi connectivity index (χ0) is 18.4. The van der Waals surface area contributed by atoms with Gasteiger partial charge in [-0.25, -0.2) is 4.79 Å². The third-order valence-corrected chi connectivity index (χ3v) is 4.57. The summed E-state index contributed by atoms with van der Waals surface area (Å²) < 4.78 is 9.87. The SMILES string of the molecule is O=C(COC(=O)COc1cc(Cl)c(Cl)cc1Cl)NC(=O)c1cccs1. The van der Waals surface area contributed by atoms with Gasteiger partial charge in [-0.1, -0.05) is 40.9 Å².